The smallest absolute Gasteiger partial charge is 0.131 e. The van der Waals surface area contributed by atoms with E-state index in [-0.39, 0.29) is 6.10 Å². The number of rotatable bonds is 10. The van der Waals surface area contributed by atoms with Gasteiger partial charge in [-0.25, -0.2) is 0 Å². The molecule has 0 N–H and O–H groups in total. The van der Waals surface area contributed by atoms with Gasteiger partial charge in [0.25, 0.3) is 0 Å². The number of hydrogen-bond acceptors (Lipinski definition) is 6. The lowest BCUT2D eigenvalue weighted by molar-refractivity contribution is 0.183. The molecule has 228 valence electrons. The van der Waals surface area contributed by atoms with Crippen molar-refractivity contribution in [1.82, 2.24) is 4.90 Å². The zero-order chi connectivity index (χ0) is 30.3. The van der Waals surface area contributed by atoms with Crippen molar-refractivity contribution >= 4 is 11.1 Å². The number of methoxy groups -OCH3 is 3. The molecule has 0 radical (unpaired) electrons. The predicted octanol–water partition coefficient (Wildman–Crippen LogP) is 8.06. The van der Waals surface area contributed by atoms with Crippen molar-refractivity contribution in [2.45, 2.75) is 31.8 Å². The molecule has 4 aromatic carbocycles. The molecule has 44 heavy (non-hydrogen) atoms. The fourth-order valence-electron chi connectivity index (χ4n) is 6.17. The highest BCUT2D eigenvalue weighted by molar-refractivity contribution is 6.00. The van der Waals surface area contributed by atoms with Crippen LogP contribution in [0.1, 0.15) is 54.0 Å². The molecule has 0 aromatic heterocycles. The first-order valence-corrected chi connectivity index (χ1v) is 15.5. The first kappa shape index (κ1) is 29.6. The maximum absolute atomic E-state index is 6.68. The average Bonchev–Trinajstić information content (AvgIpc) is 3.09. The summed E-state index contributed by atoms with van der Waals surface area (Å²) >= 11 is 0. The molecule has 4 aromatic rings. The number of fused-ring (bicyclic) bond motifs is 1. The van der Waals surface area contributed by atoms with Crippen LogP contribution in [0.15, 0.2) is 91.0 Å². The summed E-state index contributed by atoms with van der Waals surface area (Å²) < 4.78 is 29.3. The lowest BCUT2D eigenvalue weighted by Gasteiger charge is -2.31. The van der Waals surface area contributed by atoms with Crippen molar-refractivity contribution in [3.05, 3.63) is 113 Å². The van der Waals surface area contributed by atoms with E-state index in [4.69, 9.17) is 23.7 Å². The average molecular weight is 592 g/mol. The number of nitrogens with zero attached hydrogens (tertiary/aromatic N) is 1. The summed E-state index contributed by atoms with van der Waals surface area (Å²) in [5.41, 5.74) is 6.71. The molecule has 0 bridgehead atoms. The van der Waals surface area contributed by atoms with Crippen molar-refractivity contribution < 1.29 is 23.7 Å². The van der Waals surface area contributed by atoms with E-state index in [0.29, 0.717) is 13.0 Å². The second kappa shape index (κ2) is 13.9. The molecule has 0 spiro atoms. The third-order valence-corrected chi connectivity index (χ3v) is 8.61. The zero-order valence-corrected chi connectivity index (χ0v) is 25.9. The van der Waals surface area contributed by atoms with Gasteiger partial charge >= 0.3 is 0 Å². The van der Waals surface area contributed by atoms with Crippen LogP contribution in [-0.2, 0) is 0 Å². The fraction of sp³-hybridized carbons (Fsp3) is 0.316. The van der Waals surface area contributed by atoms with Crippen LogP contribution in [0.5, 0.6) is 28.7 Å². The van der Waals surface area contributed by atoms with Gasteiger partial charge in [0.15, 0.2) is 0 Å². The van der Waals surface area contributed by atoms with E-state index in [9.17, 15) is 0 Å². The van der Waals surface area contributed by atoms with Crippen LogP contribution in [0.2, 0.25) is 0 Å². The Morgan fingerprint density at radius 2 is 1.25 bits per heavy atom. The lowest BCUT2D eigenvalue weighted by Crippen LogP contribution is -2.33. The Kier molecular flexibility index (Phi) is 9.37. The number of ether oxygens (including phenoxy) is 5. The van der Waals surface area contributed by atoms with Crippen LogP contribution < -0.4 is 23.7 Å². The Bertz CT molecular complexity index is 1510. The van der Waals surface area contributed by atoms with Gasteiger partial charge in [-0.1, -0.05) is 42.8 Å². The molecule has 1 unspecified atom stereocenters. The van der Waals surface area contributed by atoms with Crippen molar-refractivity contribution in [1.29, 1.82) is 0 Å². The minimum absolute atomic E-state index is 0.182. The molecule has 2 heterocycles. The summed E-state index contributed by atoms with van der Waals surface area (Å²) in [6.45, 7) is 4.03. The Morgan fingerprint density at radius 3 is 1.84 bits per heavy atom. The molecule has 0 aliphatic carbocycles. The Hall–Kier alpha value is -4.42. The molecule has 6 nitrogen and oxygen atoms in total. The van der Waals surface area contributed by atoms with Gasteiger partial charge in [0.1, 0.15) is 41.5 Å². The van der Waals surface area contributed by atoms with Crippen LogP contribution in [0.25, 0.3) is 11.1 Å². The molecule has 2 aliphatic heterocycles. The van der Waals surface area contributed by atoms with Crippen molar-refractivity contribution in [3.8, 4) is 28.7 Å². The van der Waals surface area contributed by atoms with Crippen LogP contribution in [0, 0.1) is 0 Å². The minimum Gasteiger partial charge on any atom is -0.497 e. The zero-order valence-electron chi connectivity index (χ0n) is 25.9. The topological polar surface area (TPSA) is 49.4 Å². The maximum atomic E-state index is 6.68. The number of hydrogen-bond donors (Lipinski definition) is 0. The van der Waals surface area contributed by atoms with Gasteiger partial charge in [0.2, 0.25) is 0 Å². The molecule has 1 atom stereocenters. The second-order valence-corrected chi connectivity index (χ2v) is 11.3. The van der Waals surface area contributed by atoms with Crippen LogP contribution in [0.4, 0.5) is 0 Å². The highest BCUT2D eigenvalue weighted by Gasteiger charge is 2.29. The highest BCUT2D eigenvalue weighted by Crippen LogP contribution is 2.48. The summed E-state index contributed by atoms with van der Waals surface area (Å²) in [4.78, 5) is 2.50. The summed E-state index contributed by atoms with van der Waals surface area (Å²) in [5.74, 6) is 4.09. The van der Waals surface area contributed by atoms with E-state index in [1.807, 2.05) is 36.4 Å². The predicted molar refractivity (Wildman–Crippen MR) is 175 cm³/mol. The number of piperidine rings is 1. The largest absolute Gasteiger partial charge is 0.497 e. The standard InChI is InChI=1S/C38H41NO5/c1-40-30-13-9-28(10-14-30)38(29-11-15-31(41-2)16-12-29)35-26-36(44-37-25-33(42-3)19-20-34(35)37)27-7-17-32(18-8-27)43-24-23-39-21-5-4-6-22-39/h7-20,25,36H,4-6,21-24,26H2,1-3H3. The quantitative estimate of drug-likeness (QED) is 0.186. The van der Waals surface area contributed by atoms with Gasteiger partial charge in [-0.05, 0) is 102 Å². The summed E-state index contributed by atoms with van der Waals surface area (Å²) in [7, 11) is 5.06. The van der Waals surface area contributed by atoms with Gasteiger partial charge in [-0.15, -0.1) is 0 Å². The van der Waals surface area contributed by atoms with E-state index in [0.717, 1.165) is 63.1 Å². The van der Waals surface area contributed by atoms with E-state index >= 15 is 0 Å². The number of benzene rings is 4. The van der Waals surface area contributed by atoms with Crippen molar-refractivity contribution in [2.24, 2.45) is 0 Å². The molecule has 1 fully saturated rings. The Labute approximate surface area is 260 Å². The van der Waals surface area contributed by atoms with Crippen molar-refractivity contribution in [2.75, 3.05) is 47.6 Å². The third-order valence-electron chi connectivity index (χ3n) is 8.61. The molecule has 6 rings (SSSR count). The maximum Gasteiger partial charge on any atom is 0.131 e. The minimum atomic E-state index is -0.182. The first-order valence-electron chi connectivity index (χ1n) is 15.5. The molecule has 0 amide bonds. The fourth-order valence-corrected chi connectivity index (χ4v) is 6.17. The normalized spacial score (nSPS) is 16.4. The highest BCUT2D eigenvalue weighted by atomic mass is 16.5. The van der Waals surface area contributed by atoms with E-state index in [1.54, 1.807) is 21.3 Å². The van der Waals surface area contributed by atoms with Crippen LogP contribution in [0.3, 0.4) is 0 Å². The second-order valence-electron chi connectivity index (χ2n) is 11.3. The van der Waals surface area contributed by atoms with Crippen LogP contribution in [-0.4, -0.2) is 52.5 Å². The van der Waals surface area contributed by atoms with Gasteiger partial charge in [-0.3, -0.25) is 4.90 Å². The first-order chi connectivity index (χ1) is 21.6. The van der Waals surface area contributed by atoms with Gasteiger partial charge in [0, 0.05) is 24.6 Å². The van der Waals surface area contributed by atoms with Gasteiger partial charge in [0.05, 0.1) is 21.3 Å². The van der Waals surface area contributed by atoms with E-state index in [1.165, 1.54) is 37.9 Å². The van der Waals surface area contributed by atoms with E-state index < -0.39 is 0 Å². The lowest BCUT2D eigenvalue weighted by atomic mass is 9.84. The Balaban J connectivity index is 1.35. The molecule has 1 saturated heterocycles. The molecule has 6 heteroatoms. The summed E-state index contributed by atoms with van der Waals surface area (Å²) in [5, 5.41) is 0. The molecular formula is C38H41NO5. The SMILES string of the molecule is COc1ccc(C(=C2CC(c3ccc(OCCN4CCCCC4)cc3)Oc3cc(OC)ccc32)c2ccc(OC)cc2)cc1. The van der Waals surface area contributed by atoms with Gasteiger partial charge in [-0.2, -0.15) is 0 Å². The third kappa shape index (κ3) is 6.71. The Morgan fingerprint density at radius 1 is 0.682 bits per heavy atom. The molecule has 2 aliphatic rings. The summed E-state index contributed by atoms with van der Waals surface area (Å²) in [6, 6.07) is 31.0. The van der Waals surface area contributed by atoms with E-state index in [2.05, 4.69) is 59.5 Å². The molecule has 0 saturated carbocycles. The molecular weight excluding hydrogens is 550 g/mol. The summed E-state index contributed by atoms with van der Waals surface area (Å²) in [6.07, 6.45) is 4.44. The van der Waals surface area contributed by atoms with Gasteiger partial charge < -0.3 is 23.7 Å². The van der Waals surface area contributed by atoms with Crippen LogP contribution >= 0.6 is 0 Å². The number of likely N-dealkylation sites (tertiary alicyclic amines) is 1. The van der Waals surface area contributed by atoms with Crippen molar-refractivity contribution in [3.63, 3.8) is 0 Å². The monoisotopic (exact) mass is 591 g/mol.